The first-order valence-corrected chi connectivity index (χ1v) is 9.58. The predicted octanol–water partition coefficient (Wildman–Crippen LogP) is 3.75. The molecule has 0 saturated heterocycles. The molecule has 1 atom stereocenters. The number of aromatic nitrogens is 1. The number of hydrogen-bond donors (Lipinski definition) is 1. The van der Waals surface area contributed by atoms with Gasteiger partial charge in [0.25, 0.3) is 0 Å². The highest BCUT2D eigenvalue weighted by Gasteiger charge is 2.27. The molecular weight excluding hydrogens is 298 g/mol. The standard InChI is InChI=1S/C16H21N3S2/c1-2-17-12-4-3-5-14-15(12)18-16(21-14)19-8-6-13-11(10-19)7-9-20-13/h7,9,12,17H,2-6,8,10H2,1H3. The van der Waals surface area contributed by atoms with Gasteiger partial charge in [0.1, 0.15) is 0 Å². The molecule has 1 N–H and O–H groups in total. The zero-order valence-electron chi connectivity index (χ0n) is 12.4. The maximum absolute atomic E-state index is 5.02. The van der Waals surface area contributed by atoms with E-state index in [1.54, 1.807) is 4.88 Å². The predicted molar refractivity (Wildman–Crippen MR) is 90.5 cm³/mol. The summed E-state index contributed by atoms with van der Waals surface area (Å²) in [5.41, 5.74) is 2.84. The molecule has 0 amide bonds. The molecule has 0 fully saturated rings. The summed E-state index contributed by atoms with van der Waals surface area (Å²) in [6, 6.07) is 2.76. The van der Waals surface area contributed by atoms with Gasteiger partial charge < -0.3 is 10.2 Å². The van der Waals surface area contributed by atoms with Crippen LogP contribution in [0.2, 0.25) is 0 Å². The molecule has 112 valence electrons. The summed E-state index contributed by atoms with van der Waals surface area (Å²) in [5, 5.41) is 7.06. The van der Waals surface area contributed by atoms with E-state index in [1.807, 2.05) is 22.7 Å². The van der Waals surface area contributed by atoms with E-state index < -0.39 is 0 Å². The molecule has 1 unspecified atom stereocenters. The summed E-state index contributed by atoms with van der Waals surface area (Å²) >= 11 is 3.83. The molecule has 1 aliphatic carbocycles. The van der Waals surface area contributed by atoms with Gasteiger partial charge in [0, 0.05) is 22.8 Å². The molecular formula is C16H21N3S2. The maximum atomic E-state index is 5.02. The van der Waals surface area contributed by atoms with Crippen molar-refractivity contribution in [3.63, 3.8) is 0 Å². The lowest BCUT2D eigenvalue weighted by Crippen LogP contribution is -2.29. The van der Waals surface area contributed by atoms with E-state index in [4.69, 9.17) is 4.98 Å². The van der Waals surface area contributed by atoms with E-state index in [1.165, 1.54) is 46.9 Å². The fraction of sp³-hybridized carbons (Fsp3) is 0.562. The summed E-state index contributed by atoms with van der Waals surface area (Å²) in [6.45, 7) is 5.37. The molecule has 0 saturated carbocycles. The topological polar surface area (TPSA) is 28.2 Å². The lowest BCUT2D eigenvalue weighted by Gasteiger charge is -2.26. The Bertz CT molecular complexity index is 631. The molecule has 5 heteroatoms. The van der Waals surface area contributed by atoms with Gasteiger partial charge in [-0.25, -0.2) is 4.98 Å². The quantitative estimate of drug-likeness (QED) is 0.934. The van der Waals surface area contributed by atoms with Crippen LogP contribution < -0.4 is 10.2 Å². The van der Waals surface area contributed by atoms with Crippen LogP contribution in [0.3, 0.4) is 0 Å². The number of aryl methyl sites for hydroxylation is 1. The van der Waals surface area contributed by atoms with E-state index >= 15 is 0 Å². The maximum Gasteiger partial charge on any atom is 0.186 e. The van der Waals surface area contributed by atoms with Gasteiger partial charge in [-0.2, -0.15) is 0 Å². The van der Waals surface area contributed by atoms with E-state index in [-0.39, 0.29) is 0 Å². The highest BCUT2D eigenvalue weighted by atomic mass is 32.1. The highest BCUT2D eigenvalue weighted by Crippen LogP contribution is 2.38. The highest BCUT2D eigenvalue weighted by molar-refractivity contribution is 7.15. The van der Waals surface area contributed by atoms with Crippen LogP contribution in [0.5, 0.6) is 0 Å². The van der Waals surface area contributed by atoms with Gasteiger partial charge in [-0.05, 0) is 49.2 Å². The van der Waals surface area contributed by atoms with E-state index in [9.17, 15) is 0 Å². The SMILES string of the molecule is CCNC1CCCc2sc(N3CCc4sccc4C3)nc21. The summed E-state index contributed by atoms with van der Waals surface area (Å²) in [6.07, 6.45) is 4.92. The van der Waals surface area contributed by atoms with Crippen molar-refractivity contribution in [3.05, 3.63) is 32.5 Å². The molecule has 0 aromatic carbocycles. The Balaban J connectivity index is 1.60. The number of hydrogen-bond acceptors (Lipinski definition) is 5. The van der Waals surface area contributed by atoms with E-state index in [0.717, 1.165) is 19.6 Å². The van der Waals surface area contributed by atoms with Crippen molar-refractivity contribution in [2.45, 2.75) is 45.2 Å². The second kappa shape index (κ2) is 5.71. The fourth-order valence-electron chi connectivity index (χ4n) is 3.40. The minimum absolute atomic E-state index is 0.477. The summed E-state index contributed by atoms with van der Waals surface area (Å²) in [7, 11) is 0. The van der Waals surface area contributed by atoms with Crippen LogP contribution in [0.4, 0.5) is 5.13 Å². The third-order valence-corrected chi connectivity index (χ3v) is 6.69. The van der Waals surface area contributed by atoms with Gasteiger partial charge in [-0.3, -0.25) is 0 Å². The van der Waals surface area contributed by atoms with Crippen molar-refractivity contribution in [3.8, 4) is 0 Å². The normalized spacial score (nSPS) is 21.2. The van der Waals surface area contributed by atoms with Gasteiger partial charge in [0.2, 0.25) is 0 Å². The monoisotopic (exact) mass is 319 g/mol. The third-order valence-electron chi connectivity index (χ3n) is 4.47. The molecule has 2 aromatic rings. The number of thiazole rings is 1. The lowest BCUT2D eigenvalue weighted by molar-refractivity contribution is 0.465. The molecule has 4 rings (SSSR count). The Kier molecular flexibility index (Phi) is 3.73. The Morgan fingerprint density at radius 3 is 3.24 bits per heavy atom. The molecule has 21 heavy (non-hydrogen) atoms. The average molecular weight is 319 g/mol. The van der Waals surface area contributed by atoms with E-state index in [0.29, 0.717) is 6.04 Å². The molecule has 2 aliphatic rings. The average Bonchev–Trinajstić information content (AvgIpc) is 3.13. The molecule has 0 radical (unpaired) electrons. The molecule has 3 heterocycles. The summed E-state index contributed by atoms with van der Waals surface area (Å²) in [5.74, 6) is 0. The lowest BCUT2D eigenvalue weighted by atomic mass is 9.98. The number of rotatable bonds is 3. The van der Waals surface area contributed by atoms with Gasteiger partial charge in [0.15, 0.2) is 5.13 Å². The van der Waals surface area contributed by atoms with Crippen LogP contribution in [-0.4, -0.2) is 18.1 Å². The fourth-order valence-corrected chi connectivity index (χ4v) is 5.48. The van der Waals surface area contributed by atoms with E-state index in [2.05, 4.69) is 28.6 Å². The van der Waals surface area contributed by atoms with Crippen molar-refractivity contribution in [2.24, 2.45) is 0 Å². The smallest absolute Gasteiger partial charge is 0.186 e. The second-order valence-electron chi connectivity index (χ2n) is 5.85. The summed E-state index contributed by atoms with van der Waals surface area (Å²) < 4.78 is 0. The van der Waals surface area contributed by atoms with Crippen LogP contribution in [0.25, 0.3) is 0 Å². The number of fused-ring (bicyclic) bond motifs is 2. The number of anilines is 1. The molecule has 2 aromatic heterocycles. The van der Waals surface area contributed by atoms with Crippen LogP contribution in [0.15, 0.2) is 11.4 Å². The van der Waals surface area contributed by atoms with Crippen LogP contribution >= 0.6 is 22.7 Å². The minimum Gasteiger partial charge on any atom is -0.343 e. The van der Waals surface area contributed by atoms with Gasteiger partial charge >= 0.3 is 0 Å². The molecule has 0 bridgehead atoms. The minimum atomic E-state index is 0.477. The Morgan fingerprint density at radius 1 is 1.38 bits per heavy atom. The van der Waals surface area contributed by atoms with Crippen molar-refractivity contribution in [2.75, 3.05) is 18.0 Å². The Morgan fingerprint density at radius 2 is 2.33 bits per heavy atom. The first-order chi connectivity index (χ1) is 10.3. The second-order valence-corrected chi connectivity index (χ2v) is 7.91. The number of nitrogens with zero attached hydrogens (tertiary/aromatic N) is 2. The van der Waals surface area contributed by atoms with Crippen LogP contribution in [0, 0.1) is 0 Å². The first-order valence-electron chi connectivity index (χ1n) is 7.88. The Hall–Kier alpha value is -0.910. The van der Waals surface area contributed by atoms with Gasteiger partial charge in [-0.15, -0.1) is 22.7 Å². The number of thiophene rings is 1. The largest absolute Gasteiger partial charge is 0.343 e. The first kappa shape index (κ1) is 13.7. The van der Waals surface area contributed by atoms with Crippen molar-refractivity contribution in [1.29, 1.82) is 0 Å². The van der Waals surface area contributed by atoms with Crippen molar-refractivity contribution < 1.29 is 0 Å². The summed E-state index contributed by atoms with van der Waals surface area (Å²) in [4.78, 5) is 10.6. The van der Waals surface area contributed by atoms with Crippen molar-refractivity contribution in [1.82, 2.24) is 10.3 Å². The van der Waals surface area contributed by atoms with Crippen LogP contribution in [-0.2, 0) is 19.4 Å². The van der Waals surface area contributed by atoms with Gasteiger partial charge in [0.05, 0.1) is 11.7 Å². The molecule has 3 nitrogen and oxygen atoms in total. The van der Waals surface area contributed by atoms with Gasteiger partial charge in [-0.1, -0.05) is 6.92 Å². The molecule has 0 spiro atoms. The number of nitrogens with one attached hydrogen (secondary N) is 1. The zero-order chi connectivity index (χ0) is 14.2. The zero-order valence-corrected chi connectivity index (χ0v) is 14.0. The van der Waals surface area contributed by atoms with Crippen molar-refractivity contribution >= 4 is 27.8 Å². The van der Waals surface area contributed by atoms with Crippen LogP contribution in [0.1, 0.15) is 46.8 Å². The molecule has 1 aliphatic heterocycles. The third kappa shape index (κ3) is 2.51. The Labute approximate surface area is 134 Å².